The van der Waals surface area contributed by atoms with Crippen molar-refractivity contribution in [2.45, 2.75) is 31.7 Å². The molecule has 31 heavy (non-hydrogen) atoms. The molecule has 166 valence electrons. The second-order valence-corrected chi connectivity index (χ2v) is 10.4. The van der Waals surface area contributed by atoms with Crippen molar-refractivity contribution in [3.63, 3.8) is 0 Å². The molecular weight excluding hydrogens is 422 g/mol. The normalized spacial score (nSPS) is 26.0. The molecule has 2 fully saturated rings. The summed E-state index contributed by atoms with van der Waals surface area (Å²) in [6.45, 7) is 2.89. The lowest BCUT2D eigenvalue weighted by molar-refractivity contribution is -0.134. The van der Waals surface area contributed by atoms with E-state index in [0.29, 0.717) is 25.1 Å². The van der Waals surface area contributed by atoms with Gasteiger partial charge in [-0.2, -0.15) is 0 Å². The summed E-state index contributed by atoms with van der Waals surface area (Å²) in [5.74, 6) is -1.67. The fraction of sp³-hybridized carbons (Fsp3) is 0.435. The lowest BCUT2D eigenvalue weighted by atomic mass is 9.94. The minimum atomic E-state index is -3.35. The molecule has 2 aliphatic rings. The largest absolute Gasteiger partial charge is 0.341 e. The number of sulfonamides is 1. The Morgan fingerprint density at radius 1 is 1.10 bits per heavy atom. The minimum Gasteiger partial charge on any atom is -0.341 e. The summed E-state index contributed by atoms with van der Waals surface area (Å²) in [5, 5.41) is 0. The molecule has 0 radical (unpaired) electrons. The number of piperidine rings is 1. The van der Waals surface area contributed by atoms with E-state index in [2.05, 4.69) is 4.72 Å². The van der Waals surface area contributed by atoms with Gasteiger partial charge in [-0.25, -0.2) is 21.9 Å². The van der Waals surface area contributed by atoms with Crippen LogP contribution in [0.4, 0.5) is 8.78 Å². The van der Waals surface area contributed by atoms with Crippen molar-refractivity contribution in [2.24, 2.45) is 11.8 Å². The average Bonchev–Trinajstić information content (AvgIpc) is 3.37. The van der Waals surface area contributed by atoms with Gasteiger partial charge in [0.25, 0.3) is 0 Å². The molecule has 4 rings (SSSR count). The van der Waals surface area contributed by atoms with Gasteiger partial charge >= 0.3 is 0 Å². The summed E-state index contributed by atoms with van der Waals surface area (Å²) >= 11 is 0. The molecule has 0 unspecified atom stereocenters. The fourth-order valence-corrected chi connectivity index (χ4v) is 5.67. The Kier molecular flexibility index (Phi) is 5.87. The van der Waals surface area contributed by atoms with Gasteiger partial charge in [0, 0.05) is 25.0 Å². The predicted molar refractivity (Wildman–Crippen MR) is 115 cm³/mol. The van der Waals surface area contributed by atoms with E-state index in [-0.39, 0.29) is 35.3 Å². The van der Waals surface area contributed by atoms with Gasteiger partial charge in [-0.05, 0) is 47.9 Å². The third-order valence-electron chi connectivity index (χ3n) is 6.33. The Balaban J connectivity index is 1.57. The molecule has 5 nitrogen and oxygen atoms in total. The van der Waals surface area contributed by atoms with Crippen LogP contribution in [-0.4, -0.2) is 44.6 Å². The van der Waals surface area contributed by atoms with E-state index in [1.54, 1.807) is 17.0 Å². The number of carbonyl (C=O) groups is 1. The van der Waals surface area contributed by atoms with E-state index in [9.17, 15) is 22.0 Å². The van der Waals surface area contributed by atoms with Gasteiger partial charge in [-0.1, -0.05) is 37.3 Å². The summed E-state index contributed by atoms with van der Waals surface area (Å²) < 4.78 is 54.6. The molecule has 1 N–H and O–H groups in total. The highest BCUT2D eigenvalue weighted by molar-refractivity contribution is 7.88. The van der Waals surface area contributed by atoms with Crippen LogP contribution in [0, 0.1) is 23.5 Å². The number of carbonyl (C=O) groups excluding carboxylic acids is 1. The summed E-state index contributed by atoms with van der Waals surface area (Å²) in [7, 11) is -3.35. The molecule has 1 aliphatic heterocycles. The van der Waals surface area contributed by atoms with Crippen LogP contribution in [0.1, 0.15) is 31.2 Å². The van der Waals surface area contributed by atoms with Crippen LogP contribution in [0.2, 0.25) is 0 Å². The number of nitrogens with zero attached hydrogens (tertiary/aromatic N) is 1. The molecule has 1 amide bonds. The highest BCUT2D eigenvalue weighted by Crippen LogP contribution is 2.56. The quantitative estimate of drug-likeness (QED) is 0.761. The number of rotatable bonds is 5. The van der Waals surface area contributed by atoms with Crippen LogP contribution in [0.3, 0.4) is 0 Å². The van der Waals surface area contributed by atoms with E-state index in [1.807, 2.05) is 19.1 Å². The molecule has 2 aromatic rings. The Labute approximate surface area is 181 Å². The Hall–Kier alpha value is -2.32. The van der Waals surface area contributed by atoms with E-state index >= 15 is 0 Å². The number of likely N-dealkylation sites (tertiary alicyclic amines) is 1. The van der Waals surface area contributed by atoms with Crippen molar-refractivity contribution in [2.75, 3.05) is 19.3 Å². The van der Waals surface area contributed by atoms with Crippen molar-refractivity contribution in [3.05, 3.63) is 59.7 Å². The number of nitrogens with one attached hydrogen (secondary N) is 1. The maximum absolute atomic E-state index is 14.5. The Morgan fingerprint density at radius 2 is 1.77 bits per heavy atom. The molecule has 2 aromatic carbocycles. The highest BCUT2D eigenvalue weighted by Gasteiger charge is 2.54. The first kappa shape index (κ1) is 21.9. The number of amides is 1. The van der Waals surface area contributed by atoms with E-state index in [4.69, 9.17) is 0 Å². The second-order valence-electron chi connectivity index (χ2n) is 8.61. The maximum atomic E-state index is 14.5. The molecule has 0 aromatic heterocycles. The monoisotopic (exact) mass is 448 g/mol. The van der Waals surface area contributed by atoms with E-state index in [0.717, 1.165) is 18.2 Å². The van der Waals surface area contributed by atoms with Gasteiger partial charge in [-0.3, -0.25) is 4.79 Å². The molecule has 1 aliphatic carbocycles. The zero-order valence-electron chi connectivity index (χ0n) is 17.5. The van der Waals surface area contributed by atoms with Gasteiger partial charge in [0.1, 0.15) is 11.6 Å². The summed E-state index contributed by atoms with van der Waals surface area (Å²) in [5.41, 5.74) is 1.17. The van der Waals surface area contributed by atoms with Gasteiger partial charge in [-0.15, -0.1) is 0 Å². The van der Waals surface area contributed by atoms with Crippen LogP contribution in [0.5, 0.6) is 0 Å². The third-order valence-corrected chi connectivity index (χ3v) is 7.09. The van der Waals surface area contributed by atoms with Crippen LogP contribution in [0.25, 0.3) is 11.1 Å². The molecule has 0 spiro atoms. The third kappa shape index (κ3) is 4.50. The molecule has 0 bridgehead atoms. The lowest BCUT2D eigenvalue weighted by Crippen LogP contribution is -2.49. The topological polar surface area (TPSA) is 66.5 Å². The fourth-order valence-electron chi connectivity index (χ4n) is 4.88. The van der Waals surface area contributed by atoms with Crippen LogP contribution < -0.4 is 4.72 Å². The maximum Gasteiger partial charge on any atom is 0.226 e. The first-order valence-corrected chi connectivity index (χ1v) is 12.4. The molecule has 1 heterocycles. The summed E-state index contributed by atoms with van der Waals surface area (Å²) in [6, 6.07) is 10.6. The standard InChI is InChI=1S/C23H26F2N2O3S/c1-14-20(16-8-3-4-9-17(16)22-18(24)10-5-11-19(22)25)21(14)23(28)27-12-6-7-15(13-27)26-31(2,29)30/h3-5,8-11,14-15,20-21,26H,6-7,12-13H2,1-2H3/t14-,15-,20-,21+/m0/s1. The predicted octanol–water partition coefficient (Wildman–Crippen LogP) is 3.52. The second kappa shape index (κ2) is 8.31. The lowest BCUT2D eigenvalue weighted by Gasteiger charge is -2.33. The Bertz CT molecular complexity index is 1090. The number of halogens is 2. The van der Waals surface area contributed by atoms with E-state index in [1.165, 1.54) is 18.2 Å². The molecule has 8 heteroatoms. The molecular formula is C23H26F2N2O3S. The molecule has 4 atom stereocenters. The van der Waals surface area contributed by atoms with Crippen molar-refractivity contribution in [1.29, 1.82) is 0 Å². The van der Waals surface area contributed by atoms with Crippen molar-refractivity contribution < 1.29 is 22.0 Å². The van der Waals surface area contributed by atoms with Crippen LogP contribution >= 0.6 is 0 Å². The van der Waals surface area contributed by atoms with Crippen molar-refractivity contribution in [1.82, 2.24) is 9.62 Å². The zero-order valence-corrected chi connectivity index (χ0v) is 18.3. The zero-order chi connectivity index (χ0) is 22.3. The van der Waals surface area contributed by atoms with Gasteiger partial charge < -0.3 is 4.90 Å². The van der Waals surface area contributed by atoms with Crippen molar-refractivity contribution in [3.8, 4) is 11.1 Å². The van der Waals surface area contributed by atoms with Crippen molar-refractivity contribution >= 4 is 15.9 Å². The number of hydrogen-bond donors (Lipinski definition) is 1. The van der Waals surface area contributed by atoms with Gasteiger partial charge in [0.05, 0.1) is 11.8 Å². The van der Waals surface area contributed by atoms with Gasteiger partial charge in [0.2, 0.25) is 15.9 Å². The Morgan fingerprint density at radius 3 is 2.45 bits per heavy atom. The van der Waals surface area contributed by atoms with Crippen LogP contribution in [-0.2, 0) is 14.8 Å². The molecule has 1 saturated heterocycles. The number of benzene rings is 2. The summed E-state index contributed by atoms with van der Waals surface area (Å²) in [4.78, 5) is 15.0. The number of hydrogen-bond acceptors (Lipinski definition) is 3. The molecule has 1 saturated carbocycles. The van der Waals surface area contributed by atoms with Gasteiger partial charge in [0.15, 0.2) is 0 Å². The first-order chi connectivity index (χ1) is 14.7. The highest BCUT2D eigenvalue weighted by atomic mass is 32.2. The smallest absolute Gasteiger partial charge is 0.226 e. The minimum absolute atomic E-state index is 0.0266. The SMILES string of the molecule is C[C@@H]1[C@@H](C(=O)N2CCC[C@H](NS(C)(=O)=O)C2)[C@@H]1c1ccccc1-c1c(F)cccc1F. The van der Waals surface area contributed by atoms with Crippen LogP contribution in [0.15, 0.2) is 42.5 Å². The summed E-state index contributed by atoms with van der Waals surface area (Å²) in [6.07, 6.45) is 2.53. The average molecular weight is 449 g/mol. The first-order valence-electron chi connectivity index (χ1n) is 10.5. The van der Waals surface area contributed by atoms with E-state index < -0.39 is 21.7 Å².